The lowest BCUT2D eigenvalue weighted by Crippen LogP contribution is -2.42. The third kappa shape index (κ3) is 7.29. The molecule has 0 aliphatic rings. The Morgan fingerprint density at radius 2 is 1.59 bits per heavy atom. The van der Waals surface area contributed by atoms with Crippen molar-refractivity contribution in [2.24, 2.45) is 5.41 Å². The van der Waals surface area contributed by atoms with Crippen molar-refractivity contribution < 1.29 is 14.4 Å². The Kier molecular flexibility index (Phi) is 8.28. The van der Waals surface area contributed by atoms with Gasteiger partial charge in [0.05, 0.1) is 12.6 Å². The molecule has 0 fully saturated rings. The number of benzene rings is 1. The summed E-state index contributed by atoms with van der Waals surface area (Å²) in [5.74, 6) is -0.419. The van der Waals surface area contributed by atoms with Crippen molar-refractivity contribution in [1.82, 2.24) is 15.5 Å². The Hall–Kier alpha value is -2.57. The number of nitrogens with zero attached hydrogens (tertiary/aromatic N) is 1. The molecule has 0 saturated carbocycles. The van der Waals surface area contributed by atoms with E-state index in [2.05, 4.69) is 16.0 Å². The first-order valence-corrected chi connectivity index (χ1v) is 9.32. The Morgan fingerprint density at radius 3 is 2.07 bits per heavy atom. The van der Waals surface area contributed by atoms with Gasteiger partial charge >= 0.3 is 6.03 Å². The van der Waals surface area contributed by atoms with Gasteiger partial charge < -0.3 is 20.9 Å². The first-order valence-electron chi connectivity index (χ1n) is 9.32. The molecule has 0 radical (unpaired) electrons. The topological polar surface area (TPSA) is 90.5 Å². The zero-order valence-electron chi connectivity index (χ0n) is 17.2. The van der Waals surface area contributed by atoms with Gasteiger partial charge in [0.2, 0.25) is 11.8 Å². The highest BCUT2D eigenvalue weighted by Crippen LogP contribution is 2.16. The number of anilines is 1. The number of urea groups is 1. The van der Waals surface area contributed by atoms with Crippen LogP contribution in [0.4, 0.5) is 10.5 Å². The van der Waals surface area contributed by atoms with Crippen LogP contribution in [-0.2, 0) is 9.59 Å². The molecule has 7 heteroatoms. The third-order valence-electron chi connectivity index (χ3n) is 4.18. The van der Waals surface area contributed by atoms with Gasteiger partial charge in [-0.1, -0.05) is 32.9 Å². The van der Waals surface area contributed by atoms with Gasteiger partial charge in [0.25, 0.3) is 0 Å². The molecule has 1 atom stereocenters. The molecule has 1 aromatic carbocycles. The van der Waals surface area contributed by atoms with Crippen molar-refractivity contribution in [3.8, 4) is 0 Å². The van der Waals surface area contributed by atoms with Crippen molar-refractivity contribution in [2.45, 2.75) is 47.6 Å². The minimum absolute atomic E-state index is 0.0571. The first kappa shape index (κ1) is 22.5. The summed E-state index contributed by atoms with van der Waals surface area (Å²) in [7, 11) is 0. The van der Waals surface area contributed by atoms with E-state index in [1.807, 2.05) is 32.9 Å². The van der Waals surface area contributed by atoms with E-state index in [1.54, 1.807) is 37.8 Å². The van der Waals surface area contributed by atoms with Gasteiger partial charge in [-0.25, -0.2) is 4.79 Å². The van der Waals surface area contributed by atoms with Gasteiger partial charge in [-0.2, -0.15) is 0 Å². The van der Waals surface area contributed by atoms with Gasteiger partial charge in [0.1, 0.15) is 0 Å². The number of nitrogens with one attached hydrogen (secondary N) is 3. The van der Waals surface area contributed by atoms with Gasteiger partial charge in [-0.05, 0) is 38.5 Å². The molecule has 1 rings (SSSR count). The van der Waals surface area contributed by atoms with Crippen LogP contribution in [0.25, 0.3) is 0 Å². The SMILES string of the molecule is CCN(CC)C(=O)Nc1ccc(C(C)NC(=O)CNC(=O)C(C)(C)C)cc1. The standard InChI is InChI=1S/C20H32N4O3/c1-7-24(8-2)19(27)23-16-11-9-15(10-12-16)14(3)22-17(25)13-21-18(26)20(4,5)6/h9-12,14H,7-8,13H2,1-6H3,(H,21,26)(H,22,25)(H,23,27). The van der Waals surface area contributed by atoms with Gasteiger partial charge in [0, 0.05) is 24.2 Å². The van der Waals surface area contributed by atoms with Crippen LogP contribution >= 0.6 is 0 Å². The zero-order chi connectivity index (χ0) is 20.6. The molecule has 1 aromatic rings. The monoisotopic (exact) mass is 376 g/mol. The van der Waals surface area contributed by atoms with Crippen molar-refractivity contribution in [1.29, 1.82) is 0 Å². The van der Waals surface area contributed by atoms with Crippen LogP contribution in [0.2, 0.25) is 0 Å². The number of hydrogen-bond donors (Lipinski definition) is 3. The fourth-order valence-electron chi connectivity index (χ4n) is 2.37. The molecular weight excluding hydrogens is 344 g/mol. The summed E-state index contributed by atoms with van der Waals surface area (Å²) in [5.41, 5.74) is 1.08. The summed E-state index contributed by atoms with van der Waals surface area (Å²) in [6.07, 6.45) is 0. The average Bonchev–Trinajstić information content (AvgIpc) is 2.60. The molecule has 27 heavy (non-hydrogen) atoms. The highest BCUT2D eigenvalue weighted by atomic mass is 16.2. The summed E-state index contributed by atoms with van der Waals surface area (Å²) >= 11 is 0. The summed E-state index contributed by atoms with van der Waals surface area (Å²) in [6.45, 7) is 12.4. The van der Waals surface area contributed by atoms with Crippen molar-refractivity contribution in [3.05, 3.63) is 29.8 Å². The van der Waals surface area contributed by atoms with Crippen LogP contribution in [0.1, 0.15) is 53.1 Å². The molecule has 0 bridgehead atoms. The minimum atomic E-state index is -0.530. The van der Waals surface area contributed by atoms with Crippen molar-refractivity contribution in [3.63, 3.8) is 0 Å². The molecule has 4 amide bonds. The van der Waals surface area contributed by atoms with Gasteiger partial charge in [0.15, 0.2) is 0 Å². The van der Waals surface area contributed by atoms with Crippen LogP contribution < -0.4 is 16.0 Å². The average molecular weight is 377 g/mol. The largest absolute Gasteiger partial charge is 0.348 e. The summed E-state index contributed by atoms with van der Waals surface area (Å²) in [5, 5.41) is 8.33. The predicted molar refractivity (Wildman–Crippen MR) is 107 cm³/mol. The third-order valence-corrected chi connectivity index (χ3v) is 4.18. The fraction of sp³-hybridized carbons (Fsp3) is 0.550. The van der Waals surface area contributed by atoms with Crippen molar-refractivity contribution in [2.75, 3.05) is 25.0 Å². The summed E-state index contributed by atoms with van der Waals surface area (Å²) in [6, 6.07) is 6.98. The van der Waals surface area contributed by atoms with Crippen LogP contribution in [0, 0.1) is 5.41 Å². The molecule has 0 aromatic heterocycles. The van der Waals surface area contributed by atoms with Crippen LogP contribution in [0.15, 0.2) is 24.3 Å². The molecular formula is C20H32N4O3. The van der Waals surface area contributed by atoms with E-state index in [-0.39, 0.29) is 30.4 Å². The number of carbonyl (C=O) groups is 3. The quantitative estimate of drug-likeness (QED) is 0.683. The molecule has 0 aliphatic heterocycles. The Morgan fingerprint density at radius 1 is 1.04 bits per heavy atom. The molecule has 7 nitrogen and oxygen atoms in total. The second-order valence-electron chi connectivity index (χ2n) is 7.45. The van der Waals surface area contributed by atoms with E-state index in [1.165, 1.54) is 0 Å². The zero-order valence-corrected chi connectivity index (χ0v) is 17.2. The van der Waals surface area contributed by atoms with Crippen molar-refractivity contribution >= 4 is 23.5 Å². The Balaban J connectivity index is 2.56. The van der Waals surface area contributed by atoms with E-state index in [0.717, 1.165) is 5.56 Å². The maximum atomic E-state index is 12.1. The molecule has 1 unspecified atom stereocenters. The second-order valence-corrected chi connectivity index (χ2v) is 7.45. The van der Waals surface area contributed by atoms with Crippen LogP contribution in [-0.4, -0.2) is 42.4 Å². The summed E-state index contributed by atoms with van der Waals surface area (Å²) in [4.78, 5) is 37.6. The Labute approximate surface area is 161 Å². The number of carbonyl (C=O) groups excluding carboxylic acids is 3. The normalized spacial score (nSPS) is 12.1. The summed E-state index contributed by atoms with van der Waals surface area (Å²) < 4.78 is 0. The molecule has 0 heterocycles. The van der Waals surface area contributed by atoms with Gasteiger partial charge in [-0.3, -0.25) is 9.59 Å². The lowest BCUT2D eigenvalue weighted by atomic mass is 9.96. The van der Waals surface area contributed by atoms with E-state index in [0.29, 0.717) is 18.8 Å². The number of hydrogen-bond acceptors (Lipinski definition) is 3. The highest BCUT2D eigenvalue weighted by Gasteiger charge is 2.21. The first-order chi connectivity index (χ1) is 12.6. The highest BCUT2D eigenvalue weighted by molar-refractivity contribution is 5.89. The molecule has 0 saturated heterocycles. The fourth-order valence-corrected chi connectivity index (χ4v) is 2.37. The lowest BCUT2D eigenvalue weighted by molar-refractivity contribution is -0.131. The second kappa shape index (κ2) is 9.94. The minimum Gasteiger partial charge on any atom is -0.348 e. The van der Waals surface area contributed by atoms with E-state index >= 15 is 0 Å². The van der Waals surface area contributed by atoms with E-state index in [4.69, 9.17) is 0 Å². The van der Waals surface area contributed by atoms with E-state index < -0.39 is 5.41 Å². The van der Waals surface area contributed by atoms with Crippen LogP contribution in [0.5, 0.6) is 0 Å². The molecule has 3 N–H and O–H groups in total. The van der Waals surface area contributed by atoms with E-state index in [9.17, 15) is 14.4 Å². The Bertz CT molecular complexity index is 646. The lowest BCUT2D eigenvalue weighted by Gasteiger charge is -2.20. The smallest absolute Gasteiger partial charge is 0.321 e. The molecule has 0 aliphatic carbocycles. The number of rotatable bonds is 7. The number of amides is 4. The van der Waals surface area contributed by atoms with Gasteiger partial charge in [-0.15, -0.1) is 0 Å². The van der Waals surface area contributed by atoms with Crippen LogP contribution in [0.3, 0.4) is 0 Å². The molecule has 0 spiro atoms. The molecule has 150 valence electrons. The predicted octanol–water partition coefficient (Wildman–Crippen LogP) is 2.90. The maximum Gasteiger partial charge on any atom is 0.321 e. The maximum absolute atomic E-state index is 12.1.